The number of ether oxygens (including phenoxy) is 1. The highest BCUT2D eigenvalue weighted by molar-refractivity contribution is 6.04. The molecule has 0 spiro atoms. The maximum Gasteiger partial charge on any atom is 0.274 e. The molecule has 0 saturated heterocycles. The maximum atomic E-state index is 12.8. The summed E-state index contributed by atoms with van der Waals surface area (Å²) in [6, 6.07) is 14.4. The van der Waals surface area contributed by atoms with Gasteiger partial charge in [0.1, 0.15) is 5.75 Å². The molecule has 0 radical (unpaired) electrons. The molecule has 6 heteroatoms. The number of carbonyl (C=O) groups excluding carboxylic acids is 1. The summed E-state index contributed by atoms with van der Waals surface area (Å²) in [6.07, 6.45) is 0. The van der Waals surface area contributed by atoms with Crippen molar-refractivity contribution < 1.29 is 9.53 Å². The highest BCUT2D eigenvalue weighted by Gasteiger charge is 2.18. The third kappa shape index (κ3) is 3.44. The van der Waals surface area contributed by atoms with Crippen molar-refractivity contribution >= 4 is 16.7 Å². The first-order chi connectivity index (χ1) is 12.5. The lowest BCUT2D eigenvalue weighted by Gasteiger charge is -2.16. The molecule has 0 aliphatic rings. The summed E-state index contributed by atoms with van der Waals surface area (Å²) in [5, 5.41) is 8.13. The summed E-state index contributed by atoms with van der Waals surface area (Å²) in [7, 11) is 1.54. The van der Waals surface area contributed by atoms with E-state index in [0.717, 1.165) is 11.3 Å². The van der Waals surface area contributed by atoms with Gasteiger partial charge in [-0.05, 0) is 37.6 Å². The number of fused-ring (bicyclic) bond motifs is 1. The Labute approximate surface area is 151 Å². The quantitative estimate of drug-likeness (QED) is 0.767. The summed E-state index contributed by atoms with van der Waals surface area (Å²) in [5.41, 5.74) is 0.966. The fourth-order valence-electron chi connectivity index (χ4n) is 2.84. The Bertz CT molecular complexity index is 993. The molecule has 1 aromatic heterocycles. The van der Waals surface area contributed by atoms with E-state index in [-0.39, 0.29) is 23.2 Å². The summed E-state index contributed by atoms with van der Waals surface area (Å²) in [6.45, 7) is 4.44. The number of rotatable bonds is 5. The van der Waals surface area contributed by atoms with E-state index < -0.39 is 0 Å². The van der Waals surface area contributed by atoms with Crippen LogP contribution in [0, 0.1) is 0 Å². The fourth-order valence-corrected chi connectivity index (χ4v) is 2.84. The van der Waals surface area contributed by atoms with E-state index in [1.165, 1.54) is 4.68 Å². The molecular weight excluding hydrogens is 330 g/mol. The van der Waals surface area contributed by atoms with Gasteiger partial charge in [-0.1, -0.05) is 30.3 Å². The second kappa shape index (κ2) is 7.39. The summed E-state index contributed by atoms with van der Waals surface area (Å²) >= 11 is 0. The summed E-state index contributed by atoms with van der Waals surface area (Å²) in [4.78, 5) is 25.0. The molecule has 0 saturated carbocycles. The second-order valence-corrected chi connectivity index (χ2v) is 6.02. The van der Waals surface area contributed by atoms with Crippen LogP contribution in [0.4, 0.5) is 0 Å². The molecule has 26 heavy (non-hydrogen) atoms. The number of amides is 1. The molecule has 0 fully saturated rings. The van der Waals surface area contributed by atoms with Crippen molar-refractivity contribution in [3.05, 3.63) is 70.1 Å². The number of hydrogen-bond acceptors (Lipinski definition) is 4. The lowest BCUT2D eigenvalue weighted by Crippen LogP contribution is -2.31. The van der Waals surface area contributed by atoms with Gasteiger partial charge in [0.2, 0.25) is 0 Å². The van der Waals surface area contributed by atoms with E-state index in [1.54, 1.807) is 31.3 Å². The van der Waals surface area contributed by atoms with E-state index in [0.29, 0.717) is 17.4 Å². The van der Waals surface area contributed by atoms with Crippen molar-refractivity contribution in [3.63, 3.8) is 0 Å². The molecule has 1 atom stereocenters. The zero-order valence-electron chi connectivity index (χ0n) is 15.0. The van der Waals surface area contributed by atoms with Crippen LogP contribution in [0.5, 0.6) is 5.75 Å². The van der Waals surface area contributed by atoms with Gasteiger partial charge < -0.3 is 10.1 Å². The van der Waals surface area contributed by atoms with Gasteiger partial charge in [0.25, 0.3) is 11.5 Å². The normalized spacial score (nSPS) is 12.0. The molecule has 0 aliphatic heterocycles. The number of nitrogens with zero attached hydrogens (tertiary/aromatic N) is 2. The first-order valence-corrected chi connectivity index (χ1v) is 8.51. The van der Waals surface area contributed by atoms with Crippen molar-refractivity contribution in [2.75, 3.05) is 6.61 Å². The molecule has 2 aromatic carbocycles. The topological polar surface area (TPSA) is 73.2 Å². The van der Waals surface area contributed by atoms with Crippen LogP contribution in [0.3, 0.4) is 0 Å². The second-order valence-electron chi connectivity index (χ2n) is 6.02. The first kappa shape index (κ1) is 17.7. The third-order valence-corrected chi connectivity index (χ3v) is 4.21. The van der Waals surface area contributed by atoms with Crippen LogP contribution < -0.4 is 15.6 Å². The standard InChI is InChI=1S/C20H21N3O3/c1-4-26-15-11-9-14(10-12-15)13(2)21-19(24)18-16-7-5-6-8-17(16)20(25)23(3)22-18/h5-13H,4H2,1-3H3,(H,21,24). The predicted molar refractivity (Wildman–Crippen MR) is 100 cm³/mol. The van der Waals surface area contributed by atoms with Crippen LogP contribution >= 0.6 is 0 Å². The van der Waals surface area contributed by atoms with Crippen LogP contribution in [0.15, 0.2) is 53.3 Å². The zero-order valence-corrected chi connectivity index (χ0v) is 15.0. The molecule has 3 aromatic rings. The van der Waals surface area contributed by atoms with E-state index in [9.17, 15) is 9.59 Å². The molecule has 6 nitrogen and oxygen atoms in total. The molecule has 134 valence electrons. The largest absolute Gasteiger partial charge is 0.494 e. The van der Waals surface area contributed by atoms with Gasteiger partial charge in [-0.15, -0.1) is 0 Å². The SMILES string of the molecule is CCOc1ccc(C(C)NC(=O)c2nn(C)c(=O)c3ccccc23)cc1. The van der Waals surface area contributed by atoms with Crippen LogP contribution in [0.1, 0.15) is 35.9 Å². The van der Waals surface area contributed by atoms with E-state index in [2.05, 4.69) is 10.4 Å². The third-order valence-electron chi connectivity index (χ3n) is 4.21. The van der Waals surface area contributed by atoms with Crippen LogP contribution in [-0.2, 0) is 7.05 Å². The Hall–Kier alpha value is -3.15. The maximum absolute atomic E-state index is 12.8. The van der Waals surface area contributed by atoms with Gasteiger partial charge in [-0.25, -0.2) is 4.68 Å². The van der Waals surface area contributed by atoms with E-state index >= 15 is 0 Å². The van der Waals surface area contributed by atoms with Gasteiger partial charge in [-0.2, -0.15) is 5.10 Å². The monoisotopic (exact) mass is 351 g/mol. The number of carbonyl (C=O) groups is 1. The van der Waals surface area contributed by atoms with Crippen molar-refractivity contribution in [1.29, 1.82) is 0 Å². The Kier molecular flexibility index (Phi) is 5.02. The van der Waals surface area contributed by atoms with E-state index in [4.69, 9.17) is 4.74 Å². The van der Waals surface area contributed by atoms with Crippen LogP contribution in [0.2, 0.25) is 0 Å². The van der Waals surface area contributed by atoms with Gasteiger partial charge in [0, 0.05) is 12.4 Å². The van der Waals surface area contributed by atoms with Crippen LogP contribution in [0.25, 0.3) is 10.8 Å². The molecule has 3 rings (SSSR count). The Balaban J connectivity index is 1.87. The summed E-state index contributed by atoms with van der Waals surface area (Å²) < 4.78 is 6.63. The Morgan fingerprint density at radius 1 is 1.15 bits per heavy atom. The van der Waals surface area contributed by atoms with Gasteiger partial charge in [0.05, 0.1) is 18.0 Å². The lowest BCUT2D eigenvalue weighted by atomic mass is 10.1. The Morgan fingerprint density at radius 2 is 1.81 bits per heavy atom. The molecule has 1 N–H and O–H groups in total. The van der Waals surface area contributed by atoms with Gasteiger partial charge >= 0.3 is 0 Å². The van der Waals surface area contributed by atoms with Crippen LogP contribution in [-0.4, -0.2) is 22.3 Å². The molecule has 1 heterocycles. The van der Waals surface area contributed by atoms with Crippen molar-refractivity contribution in [2.45, 2.75) is 19.9 Å². The van der Waals surface area contributed by atoms with Crippen molar-refractivity contribution in [2.24, 2.45) is 7.05 Å². The minimum atomic E-state index is -0.321. The number of hydrogen-bond donors (Lipinski definition) is 1. The lowest BCUT2D eigenvalue weighted by molar-refractivity contribution is 0.0934. The average Bonchev–Trinajstić information content (AvgIpc) is 2.65. The first-order valence-electron chi connectivity index (χ1n) is 8.51. The van der Waals surface area contributed by atoms with Gasteiger partial charge in [0.15, 0.2) is 5.69 Å². The number of benzene rings is 2. The van der Waals surface area contributed by atoms with Crippen molar-refractivity contribution in [3.8, 4) is 5.75 Å². The minimum absolute atomic E-state index is 0.212. The highest BCUT2D eigenvalue weighted by Crippen LogP contribution is 2.19. The fraction of sp³-hybridized carbons (Fsp3) is 0.250. The zero-order chi connectivity index (χ0) is 18.7. The number of aryl methyl sites for hydroxylation is 1. The Morgan fingerprint density at radius 3 is 2.46 bits per heavy atom. The van der Waals surface area contributed by atoms with Crippen molar-refractivity contribution in [1.82, 2.24) is 15.1 Å². The number of nitrogens with one attached hydrogen (secondary N) is 1. The minimum Gasteiger partial charge on any atom is -0.494 e. The van der Waals surface area contributed by atoms with Gasteiger partial charge in [-0.3, -0.25) is 9.59 Å². The highest BCUT2D eigenvalue weighted by atomic mass is 16.5. The molecule has 1 unspecified atom stereocenters. The number of aromatic nitrogens is 2. The summed E-state index contributed by atoms with van der Waals surface area (Å²) in [5.74, 6) is 0.471. The predicted octanol–water partition coefficient (Wildman–Crippen LogP) is 2.82. The molecule has 0 bridgehead atoms. The molecular formula is C20H21N3O3. The molecule has 1 amide bonds. The smallest absolute Gasteiger partial charge is 0.274 e. The average molecular weight is 351 g/mol. The molecule has 0 aliphatic carbocycles. The van der Waals surface area contributed by atoms with E-state index in [1.807, 2.05) is 38.1 Å².